The molecular formula is C18H14N2O4S2. The van der Waals surface area contributed by atoms with Gasteiger partial charge in [-0.1, -0.05) is 60.4 Å². The molecular weight excluding hydrogens is 372 g/mol. The van der Waals surface area contributed by atoms with Gasteiger partial charge in [-0.05, 0) is 23.3 Å². The van der Waals surface area contributed by atoms with Crippen molar-refractivity contribution in [2.45, 2.75) is 6.54 Å². The molecule has 0 unspecified atom stereocenters. The largest absolute Gasteiger partial charge is 0.490 e. The predicted molar refractivity (Wildman–Crippen MR) is 105 cm³/mol. The third kappa shape index (κ3) is 3.76. The lowest BCUT2D eigenvalue weighted by Gasteiger charge is -2.14. The van der Waals surface area contributed by atoms with Crippen molar-refractivity contribution in [3.8, 4) is 5.75 Å². The zero-order valence-electron chi connectivity index (χ0n) is 13.7. The summed E-state index contributed by atoms with van der Waals surface area (Å²) in [6.45, 7) is 0.394. The Labute approximate surface area is 159 Å². The second-order valence-electron chi connectivity index (χ2n) is 5.44. The molecule has 8 heteroatoms. The van der Waals surface area contributed by atoms with Gasteiger partial charge in [-0.15, -0.1) is 0 Å². The van der Waals surface area contributed by atoms with Crippen LogP contribution in [0.15, 0.2) is 53.4 Å². The molecule has 132 valence electrons. The van der Waals surface area contributed by atoms with Crippen molar-refractivity contribution in [3.05, 3.63) is 74.7 Å². The van der Waals surface area contributed by atoms with Crippen molar-refractivity contribution in [1.29, 1.82) is 0 Å². The number of thioether (sulfide) groups is 1. The predicted octanol–water partition coefficient (Wildman–Crippen LogP) is 4.00. The number of methoxy groups -OCH3 is 1. The van der Waals surface area contributed by atoms with Crippen molar-refractivity contribution < 1.29 is 14.5 Å². The molecule has 0 aliphatic carbocycles. The number of nitro groups is 1. The highest BCUT2D eigenvalue weighted by Gasteiger charge is 2.32. The zero-order chi connectivity index (χ0) is 18.7. The van der Waals surface area contributed by atoms with Crippen LogP contribution in [0.2, 0.25) is 0 Å². The number of hydrogen-bond acceptors (Lipinski definition) is 6. The van der Waals surface area contributed by atoms with Gasteiger partial charge >= 0.3 is 5.69 Å². The maximum Gasteiger partial charge on any atom is 0.311 e. The molecule has 1 aliphatic heterocycles. The normalized spacial score (nSPS) is 15.6. The van der Waals surface area contributed by atoms with Crippen LogP contribution in [0.25, 0.3) is 6.08 Å². The summed E-state index contributed by atoms with van der Waals surface area (Å²) in [7, 11) is 1.37. The van der Waals surface area contributed by atoms with Crippen molar-refractivity contribution in [3.63, 3.8) is 0 Å². The minimum Gasteiger partial charge on any atom is -0.490 e. The Morgan fingerprint density at radius 2 is 2.00 bits per heavy atom. The van der Waals surface area contributed by atoms with Gasteiger partial charge in [0, 0.05) is 6.07 Å². The number of nitro benzene ring substituents is 1. The van der Waals surface area contributed by atoms with E-state index < -0.39 is 4.92 Å². The van der Waals surface area contributed by atoms with E-state index in [-0.39, 0.29) is 17.3 Å². The van der Waals surface area contributed by atoms with Crippen molar-refractivity contribution in [2.24, 2.45) is 0 Å². The first-order valence-corrected chi connectivity index (χ1v) is 8.84. The Morgan fingerprint density at radius 3 is 2.65 bits per heavy atom. The van der Waals surface area contributed by atoms with E-state index in [0.717, 1.165) is 5.56 Å². The van der Waals surface area contributed by atoms with Crippen molar-refractivity contribution >= 4 is 46.0 Å². The van der Waals surface area contributed by atoms with Gasteiger partial charge in [0.05, 0.1) is 23.5 Å². The van der Waals surface area contributed by atoms with Gasteiger partial charge in [-0.3, -0.25) is 19.8 Å². The molecule has 1 saturated heterocycles. The third-order valence-corrected chi connectivity index (χ3v) is 5.13. The zero-order valence-corrected chi connectivity index (χ0v) is 15.4. The van der Waals surface area contributed by atoms with E-state index in [1.165, 1.54) is 35.9 Å². The maximum absolute atomic E-state index is 12.7. The SMILES string of the molecule is COc1ccc(/C=C2\SC(=S)N(Cc3ccccc3)C2=O)cc1[N+](=O)[O-]. The Hall–Kier alpha value is -2.71. The third-order valence-electron chi connectivity index (χ3n) is 3.75. The average molecular weight is 386 g/mol. The number of carbonyl (C=O) groups excluding carboxylic acids is 1. The molecule has 3 rings (SSSR count). The average Bonchev–Trinajstić information content (AvgIpc) is 2.90. The lowest BCUT2D eigenvalue weighted by atomic mass is 10.1. The number of thiocarbonyl (C=S) groups is 1. The van der Waals surface area contributed by atoms with E-state index in [9.17, 15) is 14.9 Å². The molecule has 1 heterocycles. The van der Waals surface area contributed by atoms with Crippen LogP contribution in [0.1, 0.15) is 11.1 Å². The van der Waals surface area contributed by atoms with Gasteiger partial charge in [0.25, 0.3) is 5.91 Å². The van der Waals surface area contributed by atoms with E-state index in [1.54, 1.807) is 12.1 Å². The second-order valence-corrected chi connectivity index (χ2v) is 7.12. The summed E-state index contributed by atoms with van der Waals surface area (Å²) in [6.07, 6.45) is 1.61. The van der Waals surface area contributed by atoms with Crippen LogP contribution < -0.4 is 4.74 Å². The molecule has 0 radical (unpaired) electrons. The molecule has 0 atom stereocenters. The van der Waals surface area contributed by atoms with Gasteiger partial charge in [0.15, 0.2) is 5.75 Å². The topological polar surface area (TPSA) is 72.7 Å². The van der Waals surface area contributed by atoms with E-state index in [4.69, 9.17) is 17.0 Å². The Bertz CT molecular complexity index is 913. The summed E-state index contributed by atoms with van der Waals surface area (Å²) in [5.74, 6) is -0.0360. The van der Waals surface area contributed by atoms with Crippen LogP contribution in [0, 0.1) is 10.1 Å². The number of carbonyl (C=O) groups is 1. The summed E-state index contributed by atoms with van der Waals surface area (Å²) < 4.78 is 5.46. The first kappa shape index (κ1) is 18.1. The van der Waals surface area contributed by atoms with E-state index in [0.29, 0.717) is 21.3 Å². The summed E-state index contributed by atoms with van der Waals surface area (Å²) in [4.78, 5) is 25.2. The molecule has 0 saturated carbocycles. The fourth-order valence-corrected chi connectivity index (χ4v) is 3.75. The minimum absolute atomic E-state index is 0.152. The number of ether oxygens (including phenoxy) is 1. The highest BCUT2D eigenvalue weighted by Crippen LogP contribution is 2.35. The van der Waals surface area contributed by atoms with Crippen molar-refractivity contribution in [2.75, 3.05) is 7.11 Å². The molecule has 0 aromatic heterocycles. The number of hydrogen-bond donors (Lipinski definition) is 0. The van der Waals surface area contributed by atoms with Crippen LogP contribution in [0.3, 0.4) is 0 Å². The Kier molecular flexibility index (Phi) is 5.34. The van der Waals surface area contributed by atoms with Gasteiger partial charge in [-0.25, -0.2) is 0 Å². The van der Waals surface area contributed by atoms with E-state index in [1.807, 2.05) is 30.3 Å². The standard InChI is InChI=1S/C18H14N2O4S2/c1-24-15-8-7-13(9-14(15)20(22)23)10-16-17(21)19(18(25)26-16)11-12-5-3-2-4-6-12/h2-10H,11H2,1H3/b16-10-. The fraction of sp³-hybridized carbons (Fsp3) is 0.111. The van der Waals surface area contributed by atoms with Crippen LogP contribution in [0.4, 0.5) is 5.69 Å². The minimum atomic E-state index is -0.517. The van der Waals surface area contributed by atoms with Crippen molar-refractivity contribution in [1.82, 2.24) is 4.90 Å². The lowest BCUT2D eigenvalue weighted by Crippen LogP contribution is -2.27. The summed E-state index contributed by atoms with van der Waals surface area (Å²) in [6, 6.07) is 14.1. The quantitative estimate of drug-likeness (QED) is 0.335. The maximum atomic E-state index is 12.7. The van der Waals surface area contributed by atoms with Crippen LogP contribution in [0.5, 0.6) is 5.75 Å². The highest BCUT2D eigenvalue weighted by atomic mass is 32.2. The molecule has 26 heavy (non-hydrogen) atoms. The van der Waals surface area contributed by atoms with E-state index in [2.05, 4.69) is 0 Å². The summed E-state index contributed by atoms with van der Waals surface area (Å²) >= 11 is 6.50. The van der Waals surface area contributed by atoms with Gasteiger partial charge in [-0.2, -0.15) is 0 Å². The number of rotatable bonds is 5. The highest BCUT2D eigenvalue weighted by molar-refractivity contribution is 8.26. The number of nitrogens with zero attached hydrogens (tertiary/aromatic N) is 2. The Morgan fingerprint density at radius 1 is 1.27 bits per heavy atom. The molecule has 1 fully saturated rings. The van der Waals surface area contributed by atoms with Gasteiger partial charge in [0.2, 0.25) is 0 Å². The molecule has 0 N–H and O–H groups in total. The Balaban J connectivity index is 1.86. The summed E-state index contributed by atoms with van der Waals surface area (Å²) in [5, 5.41) is 11.1. The molecule has 0 bridgehead atoms. The van der Waals surface area contributed by atoms with E-state index >= 15 is 0 Å². The molecule has 1 aliphatic rings. The van der Waals surface area contributed by atoms with Crippen LogP contribution in [-0.4, -0.2) is 27.2 Å². The molecule has 2 aromatic rings. The van der Waals surface area contributed by atoms with Crippen LogP contribution in [-0.2, 0) is 11.3 Å². The van der Waals surface area contributed by atoms with Gasteiger partial charge in [0.1, 0.15) is 4.32 Å². The first-order chi connectivity index (χ1) is 12.5. The lowest BCUT2D eigenvalue weighted by molar-refractivity contribution is -0.385. The molecule has 2 aromatic carbocycles. The number of benzene rings is 2. The molecule has 0 spiro atoms. The smallest absolute Gasteiger partial charge is 0.311 e. The number of amides is 1. The summed E-state index contributed by atoms with van der Waals surface area (Å²) in [5.41, 5.74) is 1.36. The van der Waals surface area contributed by atoms with Gasteiger partial charge < -0.3 is 4.74 Å². The second kappa shape index (κ2) is 7.67. The van der Waals surface area contributed by atoms with Crippen LogP contribution >= 0.6 is 24.0 Å². The monoisotopic (exact) mass is 386 g/mol. The molecule has 6 nitrogen and oxygen atoms in total. The molecule has 1 amide bonds. The first-order valence-electron chi connectivity index (χ1n) is 7.61. The fourth-order valence-electron chi connectivity index (χ4n) is 2.49.